The van der Waals surface area contributed by atoms with Crippen LogP contribution in [-0.2, 0) is 0 Å². The van der Waals surface area contributed by atoms with Gasteiger partial charge in [0.15, 0.2) is 5.82 Å². The fraction of sp³-hybridized carbons (Fsp3) is 0.235. The Balaban J connectivity index is 1.73. The first-order valence-corrected chi connectivity index (χ1v) is 7.95. The first kappa shape index (κ1) is 15.5. The summed E-state index contributed by atoms with van der Waals surface area (Å²) in [5.74, 6) is 0.985. The number of nitrogens with two attached hydrogens (primary N) is 1. The van der Waals surface area contributed by atoms with Crippen molar-refractivity contribution in [1.82, 2.24) is 19.7 Å². The normalized spacial score (nSPS) is 20.2. The second-order valence-corrected chi connectivity index (χ2v) is 6.00. The minimum Gasteiger partial charge on any atom is -0.391 e. The van der Waals surface area contributed by atoms with Crippen molar-refractivity contribution in [3.63, 3.8) is 0 Å². The monoisotopic (exact) mass is 340 g/mol. The molecule has 3 N–H and O–H groups in total. The van der Waals surface area contributed by atoms with Gasteiger partial charge in [0.05, 0.1) is 12.1 Å². The van der Waals surface area contributed by atoms with Gasteiger partial charge < -0.3 is 15.7 Å². The Morgan fingerprint density at radius 1 is 1.16 bits per heavy atom. The number of nitrogen functional groups attached to an aromatic ring is 1. The van der Waals surface area contributed by atoms with Crippen LogP contribution in [-0.4, -0.2) is 37.5 Å². The summed E-state index contributed by atoms with van der Waals surface area (Å²) in [6.07, 6.45) is 3.45. The van der Waals surface area contributed by atoms with Crippen LogP contribution in [0, 0.1) is 5.82 Å². The summed E-state index contributed by atoms with van der Waals surface area (Å²) >= 11 is 0. The molecular weight excluding hydrogens is 323 g/mol. The van der Waals surface area contributed by atoms with Crippen molar-refractivity contribution < 1.29 is 9.50 Å². The van der Waals surface area contributed by atoms with E-state index in [1.54, 1.807) is 41.3 Å². The van der Waals surface area contributed by atoms with E-state index >= 15 is 0 Å². The van der Waals surface area contributed by atoms with E-state index in [4.69, 9.17) is 5.73 Å². The molecule has 0 aliphatic carbocycles. The molecule has 1 saturated heterocycles. The fourth-order valence-electron chi connectivity index (χ4n) is 3.18. The largest absolute Gasteiger partial charge is 0.391 e. The molecule has 8 heteroatoms. The van der Waals surface area contributed by atoms with Crippen molar-refractivity contribution in [2.75, 3.05) is 17.2 Å². The van der Waals surface area contributed by atoms with Crippen molar-refractivity contribution >= 4 is 11.8 Å². The molecule has 4 rings (SSSR count). The molecule has 25 heavy (non-hydrogen) atoms. The van der Waals surface area contributed by atoms with Crippen LogP contribution in [0.5, 0.6) is 0 Å². The summed E-state index contributed by atoms with van der Waals surface area (Å²) in [5, 5.41) is 14.3. The molecule has 1 aliphatic rings. The Morgan fingerprint density at radius 3 is 2.64 bits per heavy atom. The average Bonchev–Trinajstić information content (AvgIpc) is 3.25. The molecule has 3 heterocycles. The highest BCUT2D eigenvalue weighted by Gasteiger charge is 2.33. The van der Waals surface area contributed by atoms with Crippen LogP contribution < -0.4 is 10.6 Å². The SMILES string of the molecule is Nc1nc(N2C[C@H](O)C[C@@H]2c2ccc(F)cc2)cc(-n2cccn2)n1. The molecular formula is C17H17FN6O. The molecule has 3 aromatic rings. The number of benzene rings is 1. The van der Waals surface area contributed by atoms with Crippen LogP contribution in [0.4, 0.5) is 16.2 Å². The number of aliphatic hydroxyl groups excluding tert-OH is 1. The first-order valence-electron chi connectivity index (χ1n) is 7.95. The Labute approximate surface area is 143 Å². The number of aliphatic hydroxyl groups is 1. The molecule has 0 unspecified atom stereocenters. The number of hydrogen-bond acceptors (Lipinski definition) is 6. The predicted molar refractivity (Wildman–Crippen MR) is 90.7 cm³/mol. The van der Waals surface area contributed by atoms with Crippen molar-refractivity contribution in [3.05, 3.63) is 60.2 Å². The summed E-state index contributed by atoms with van der Waals surface area (Å²) in [5.41, 5.74) is 6.78. The molecule has 0 saturated carbocycles. The Morgan fingerprint density at radius 2 is 1.92 bits per heavy atom. The Hall–Kier alpha value is -3.00. The van der Waals surface area contributed by atoms with Crippen LogP contribution in [0.15, 0.2) is 48.8 Å². The van der Waals surface area contributed by atoms with E-state index in [1.807, 2.05) is 4.90 Å². The number of β-amino-alcohol motifs (C(OH)–C–C–N with tert-alkyl or cyclic N) is 1. The van der Waals surface area contributed by atoms with Crippen molar-refractivity contribution in [2.45, 2.75) is 18.6 Å². The maximum absolute atomic E-state index is 13.2. The van der Waals surface area contributed by atoms with E-state index in [9.17, 15) is 9.50 Å². The lowest BCUT2D eigenvalue weighted by molar-refractivity contribution is 0.194. The molecule has 7 nitrogen and oxygen atoms in total. The zero-order valence-electron chi connectivity index (χ0n) is 13.3. The number of aromatic nitrogens is 4. The van der Waals surface area contributed by atoms with Gasteiger partial charge in [-0.25, -0.2) is 9.07 Å². The third kappa shape index (κ3) is 3.03. The van der Waals surface area contributed by atoms with Gasteiger partial charge in [0, 0.05) is 25.0 Å². The highest BCUT2D eigenvalue weighted by Crippen LogP contribution is 2.36. The van der Waals surface area contributed by atoms with Crippen LogP contribution in [0.1, 0.15) is 18.0 Å². The molecule has 128 valence electrons. The number of rotatable bonds is 3. The molecule has 1 aromatic carbocycles. The minimum atomic E-state index is -0.501. The van der Waals surface area contributed by atoms with Crippen LogP contribution in [0.2, 0.25) is 0 Å². The fourth-order valence-corrected chi connectivity index (χ4v) is 3.18. The quantitative estimate of drug-likeness (QED) is 0.754. The lowest BCUT2D eigenvalue weighted by atomic mass is 10.0. The molecule has 0 bridgehead atoms. The number of nitrogens with zero attached hydrogens (tertiary/aromatic N) is 5. The summed E-state index contributed by atoms with van der Waals surface area (Å²) < 4.78 is 14.8. The molecule has 0 radical (unpaired) electrons. The molecule has 0 spiro atoms. The van der Waals surface area contributed by atoms with Crippen LogP contribution in [0.3, 0.4) is 0 Å². The van der Waals surface area contributed by atoms with Crippen LogP contribution in [0.25, 0.3) is 5.82 Å². The zero-order chi connectivity index (χ0) is 17.4. The van der Waals surface area contributed by atoms with E-state index in [-0.39, 0.29) is 17.8 Å². The van der Waals surface area contributed by atoms with E-state index in [1.165, 1.54) is 12.1 Å². The highest BCUT2D eigenvalue weighted by atomic mass is 19.1. The van der Waals surface area contributed by atoms with Crippen LogP contribution >= 0.6 is 0 Å². The Bertz CT molecular complexity index is 867. The molecule has 1 fully saturated rings. The zero-order valence-corrected chi connectivity index (χ0v) is 13.3. The third-order valence-corrected chi connectivity index (χ3v) is 4.28. The molecule has 2 atom stereocenters. The van der Waals surface area contributed by atoms with Crippen molar-refractivity contribution in [3.8, 4) is 5.82 Å². The molecule has 2 aromatic heterocycles. The number of anilines is 2. The molecule has 0 amide bonds. The van der Waals surface area contributed by atoms with Gasteiger partial charge in [-0.1, -0.05) is 12.1 Å². The maximum atomic E-state index is 13.2. The van der Waals surface area contributed by atoms with Gasteiger partial charge in [0.2, 0.25) is 5.95 Å². The van der Waals surface area contributed by atoms with Crippen molar-refractivity contribution in [2.24, 2.45) is 0 Å². The second kappa shape index (κ2) is 6.14. The topological polar surface area (TPSA) is 93.1 Å². The average molecular weight is 340 g/mol. The smallest absolute Gasteiger partial charge is 0.224 e. The maximum Gasteiger partial charge on any atom is 0.224 e. The summed E-state index contributed by atoms with van der Waals surface area (Å²) in [6.45, 7) is 0.414. The van der Waals surface area contributed by atoms with Gasteiger partial charge in [-0.15, -0.1) is 0 Å². The first-order chi connectivity index (χ1) is 12.1. The van der Waals surface area contributed by atoms with E-state index < -0.39 is 6.10 Å². The third-order valence-electron chi connectivity index (χ3n) is 4.28. The summed E-state index contributed by atoms with van der Waals surface area (Å²) in [6, 6.07) is 9.74. The Kier molecular flexibility index (Phi) is 3.81. The molecule has 1 aliphatic heterocycles. The van der Waals surface area contributed by atoms with Gasteiger partial charge in [-0.3, -0.25) is 0 Å². The van der Waals surface area contributed by atoms with Gasteiger partial charge in [-0.05, 0) is 30.2 Å². The second-order valence-electron chi connectivity index (χ2n) is 6.00. The van der Waals surface area contributed by atoms with E-state index in [2.05, 4.69) is 15.1 Å². The lowest BCUT2D eigenvalue weighted by Crippen LogP contribution is -2.26. The minimum absolute atomic E-state index is 0.115. The van der Waals surface area contributed by atoms with E-state index in [0.717, 1.165) is 5.56 Å². The van der Waals surface area contributed by atoms with Gasteiger partial charge in [0.25, 0.3) is 0 Å². The lowest BCUT2D eigenvalue weighted by Gasteiger charge is -2.26. The van der Waals surface area contributed by atoms with Gasteiger partial charge in [-0.2, -0.15) is 15.1 Å². The summed E-state index contributed by atoms with van der Waals surface area (Å²) in [7, 11) is 0. The van der Waals surface area contributed by atoms with E-state index in [0.29, 0.717) is 24.6 Å². The number of hydrogen-bond donors (Lipinski definition) is 2. The number of halogens is 1. The predicted octanol–water partition coefficient (Wildman–Crippen LogP) is 1.70. The van der Waals surface area contributed by atoms with Gasteiger partial charge >= 0.3 is 0 Å². The highest BCUT2D eigenvalue weighted by molar-refractivity contribution is 5.51. The van der Waals surface area contributed by atoms with Gasteiger partial charge in [0.1, 0.15) is 11.6 Å². The standard InChI is InChI=1S/C17H17FN6O/c18-12-4-2-11(3-5-12)14-8-13(25)10-23(14)15-9-16(22-17(19)21-15)24-7-1-6-20-24/h1-7,9,13-14,25H,8,10H2,(H2,19,21,22)/t13-,14-/m1/s1. The summed E-state index contributed by atoms with van der Waals surface area (Å²) in [4.78, 5) is 10.5. The van der Waals surface area contributed by atoms with Crippen molar-refractivity contribution in [1.29, 1.82) is 0 Å².